The minimum absolute atomic E-state index is 0.129. The van der Waals surface area contributed by atoms with Crippen molar-refractivity contribution in [3.05, 3.63) is 200 Å². The number of hydrogen-bond acceptors (Lipinski definition) is 1. The quantitative estimate of drug-likeness (QED) is 0.170. The van der Waals surface area contributed by atoms with E-state index in [0.29, 0.717) is 10.3 Å². The van der Waals surface area contributed by atoms with Crippen LogP contribution in [0, 0.1) is 0 Å². The topological polar surface area (TPSA) is 3.24 Å². The maximum atomic E-state index is 9.68. The zero-order chi connectivity index (χ0) is 54.0. The van der Waals surface area contributed by atoms with Crippen LogP contribution in [0.4, 0.5) is 17.1 Å². The third kappa shape index (κ3) is 5.95. The van der Waals surface area contributed by atoms with Crippen molar-refractivity contribution < 1.29 is 35.6 Å². The molecular formula is C46H33N. The van der Waals surface area contributed by atoms with Gasteiger partial charge in [-0.2, -0.15) is 0 Å². The van der Waals surface area contributed by atoms with Gasteiger partial charge in [-0.15, -0.1) is 0 Å². The molecule has 0 saturated carbocycles. The van der Waals surface area contributed by atoms with Gasteiger partial charge >= 0.3 is 0 Å². The van der Waals surface area contributed by atoms with Gasteiger partial charge in [-0.05, 0) is 97.6 Å². The lowest BCUT2D eigenvalue weighted by Gasteiger charge is -2.26. The number of fused-ring (bicyclic) bond motifs is 1. The van der Waals surface area contributed by atoms with Gasteiger partial charge in [0.05, 0.1) is 35.6 Å². The van der Waals surface area contributed by atoms with Crippen molar-refractivity contribution in [1.29, 1.82) is 0 Å². The second kappa shape index (κ2) is 12.7. The van der Waals surface area contributed by atoms with Gasteiger partial charge in [0, 0.05) is 17.1 Å². The monoisotopic (exact) mass is 625 g/mol. The van der Waals surface area contributed by atoms with E-state index in [-0.39, 0.29) is 11.1 Å². The Bertz CT molecular complexity index is 3630. The van der Waals surface area contributed by atoms with E-state index in [0.717, 1.165) is 5.39 Å². The highest BCUT2D eigenvalue weighted by atomic mass is 15.1. The Labute approximate surface area is 313 Å². The lowest BCUT2D eigenvalue weighted by Crippen LogP contribution is -2.10. The fourth-order valence-electron chi connectivity index (χ4n) is 4.67. The van der Waals surface area contributed by atoms with Crippen molar-refractivity contribution >= 4 is 27.8 Å². The van der Waals surface area contributed by atoms with Crippen LogP contribution in [0.25, 0.3) is 55.3 Å². The molecule has 1 heteroatoms. The lowest BCUT2D eigenvalue weighted by atomic mass is 9.99. The molecule has 0 aromatic heterocycles. The number of anilines is 3. The second-order valence-corrected chi connectivity index (χ2v) is 9.82. The molecule has 1 nitrogen and oxygen atoms in total. The average Bonchev–Trinajstić information content (AvgIpc) is 3.36. The Morgan fingerprint density at radius 2 is 0.766 bits per heavy atom. The third-order valence-electron chi connectivity index (χ3n) is 6.92. The predicted octanol–water partition coefficient (Wildman–Crippen LogP) is 13.0. The van der Waals surface area contributed by atoms with Crippen LogP contribution in [0.1, 0.15) is 35.6 Å². The summed E-state index contributed by atoms with van der Waals surface area (Å²) in [7, 11) is 0. The fourth-order valence-corrected chi connectivity index (χ4v) is 4.67. The Kier molecular flexibility index (Phi) is 3.20. The molecule has 8 rings (SSSR count). The second-order valence-electron chi connectivity index (χ2n) is 9.82. The minimum atomic E-state index is -1.18. The predicted molar refractivity (Wildman–Crippen MR) is 200 cm³/mol. The molecule has 0 aliphatic carbocycles. The van der Waals surface area contributed by atoms with Crippen molar-refractivity contribution in [2.45, 2.75) is 0 Å². The van der Waals surface area contributed by atoms with Crippen LogP contribution in [0.15, 0.2) is 200 Å². The molecular weight excluding hydrogens is 567 g/mol. The summed E-state index contributed by atoms with van der Waals surface area (Å²) in [6.45, 7) is 0. The van der Waals surface area contributed by atoms with E-state index in [1.54, 1.807) is 36.4 Å². The van der Waals surface area contributed by atoms with E-state index >= 15 is 0 Å². The summed E-state index contributed by atoms with van der Waals surface area (Å²) in [6.07, 6.45) is 0. The van der Waals surface area contributed by atoms with E-state index in [1.807, 2.05) is 0 Å². The fraction of sp³-hybridized carbons (Fsp3) is 0. The van der Waals surface area contributed by atoms with Crippen molar-refractivity contribution in [1.82, 2.24) is 0 Å². The van der Waals surface area contributed by atoms with Gasteiger partial charge in [-0.25, -0.2) is 0 Å². The normalized spacial score (nSPS) is 18.7. The van der Waals surface area contributed by atoms with Crippen molar-refractivity contribution in [3.63, 3.8) is 0 Å². The van der Waals surface area contributed by atoms with E-state index in [4.69, 9.17) is 21.9 Å². The first-order valence-corrected chi connectivity index (χ1v) is 14.0. The van der Waals surface area contributed by atoms with Gasteiger partial charge in [0.2, 0.25) is 0 Å². The number of benzene rings is 8. The summed E-state index contributed by atoms with van der Waals surface area (Å²) in [6, 6.07) is -13.6. The number of rotatable bonds is 7. The van der Waals surface area contributed by atoms with Gasteiger partial charge in [0.15, 0.2) is 0 Å². The number of hydrogen-bond donors (Lipinski definition) is 0. The van der Waals surface area contributed by atoms with Gasteiger partial charge in [0.1, 0.15) is 0 Å². The van der Waals surface area contributed by atoms with E-state index in [2.05, 4.69) is 0 Å². The largest absolute Gasteiger partial charge is 0.310 e. The summed E-state index contributed by atoms with van der Waals surface area (Å²) in [5.41, 5.74) is -7.87. The zero-order valence-electron chi connectivity index (χ0n) is 50.0. The number of nitrogens with zero attached hydrogens (tertiary/aromatic N) is 1. The summed E-state index contributed by atoms with van der Waals surface area (Å²) >= 11 is 0. The van der Waals surface area contributed by atoms with Gasteiger partial charge in [-0.3, -0.25) is 0 Å². The molecule has 0 amide bonds. The summed E-state index contributed by atoms with van der Waals surface area (Å²) in [5.74, 6) is 0. The van der Waals surface area contributed by atoms with Crippen LogP contribution >= 0.6 is 0 Å². The van der Waals surface area contributed by atoms with Crippen molar-refractivity contribution in [2.75, 3.05) is 4.90 Å². The molecule has 8 aromatic rings. The van der Waals surface area contributed by atoms with Crippen LogP contribution in [0.3, 0.4) is 0 Å². The van der Waals surface area contributed by atoms with Crippen molar-refractivity contribution in [3.8, 4) is 44.5 Å². The molecule has 0 saturated heterocycles. The molecule has 8 aromatic carbocycles. The van der Waals surface area contributed by atoms with E-state index < -0.39 is 208 Å². The van der Waals surface area contributed by atoms with Crippen LogP contribution in [0.5, 0.6) is 0 Å². The van der Waals surface area contributed by atoms with Crippen LogP contribution < -0.4 is 4.90 Å². The van der Waals surface area contributed by atoms with Gasteiger partial charge in [-0.1, -0.05) is 157 Å². The highest BCUT2D eigenvalue weighted by Gasteiger charge is 2.15. The first-order valence-electron chi connectivity index (χ1n) is 27.0. The van der Waals surface area contributed by atoms with Crippen LogP contribution in [0.2, 0.25) is 0 Å². The Morgan fingerprint density at radius 1 is 0.319 bits per heavy atom. The molecule has 0 atom stereocenters. The smallest absolute Gasteiger partial charge is 0.0651 e. The standard InChI is InChI=1S/C46H33N/c1-3-10-34(11-4-1)37-18-20-38(21-19-37)40-26-30-45(31-27-40)47(44-28-24-39(25-29-44)35-12-5-2-6-13-35)46-17-9-16-42(33-46)43-23-22-36-14-7-8-15-41(36)32-43/h1-33H/i1D,2D,3D,4D,5D,6D,9D,10D,11D,12D,13D,16D,17D,18D,19D,20D,21D,24D,25D,26D,27D,28D,29D,30D,31D,33D. The van der Waals surface area contributed by atoms with Gasteiger partial charge in [0.25, 0.3) is 0 Å². The first kappa shape index (κ1) is 11.9. The molecule has 222 valence electrons. The molecule has 0 aliphatic rings. The average molecular weight is 626 g/mol. The highest BCUT2D eigenvalue weighted by molar-refractivity contribution is 5.89. The Hall–Kier alpha value is -6.18. The highest BCUT2D eigenvalue weighted by Crippen LogP contribution is 2.39. The van der Waals surface area contributed by atoms with Crippen molar-refractivity contribution in [2.24, 2.45) is 0 Å². The molecule has 0 spiro atoms. The third-order valence-corrected chi connectivity index (χ3v) is 6.92. The molecule has 0 aliphatic heterocycles. The van der Waals surface area contributed by atoms with Gasteiger partial charge < -0.3 is 4.90 Å². The summed E-state index contributed by atoms with van der Waals surface area (Å²) < 4.78 is 231. The Morgan fingerprint density at radius 3 is 1.30 bits per heavy atom. The molecule has 47 heavy (non-hydrogen) atoms. The van der Waals surface area contributed by atoms with Crippen LogP contribution in [-0.2, 0) is 0 Å². The molecule has 0 fully saturated rings. The molecule has 0 bridgehead atoms. The van der Waals surface area contributed by atoms with E-state index in [1.165, 1.54) is 6.07 Å². The molecule has 0 radical (unpaired) electrons. The molecule has 0 N–H and O–H groups in total. The maximum absolute atomic E-state index is 9.68. The summed E-state index contributed by atoms with van der Waals surface area (Å²) in [4.78, 5) is 0.486. The molecule has 0 heterocycles. The van der Waals surface area contributed by atoms with E-state index in [9.17, 15) is 13.7 Å². The minimum Gasteiger partial charge on any atom is -0.310 e. The summed E-state index contributed by atoms with van der Waals surface area (Å²) in [5, 5.41) is 1.33. The first-order chi connectivity index (χ1) is 34.1. The molecule has 0 unspecified atom stereocenters. The zero-order valence-corrected chi connectivity index (χ0v) is 24.0. The Balaban J connectivity index is 1.50. The van der Waals surface area contributed by atoms with Crippen LogP contribution in [-0.4, -0.2) is 0 Å². The lowest BCUT2D eigenvalue weighted by molar-refractivity contribution is 1.28. The SMILES string of the molecule is [2H]c1c([2H])c([2H])c(-c2c([2H])c([2H])c(-c3c([2H])c([2H])c(N(c4c([2H])c([2H])c(-c5c([2H])c([2H])c([2H])c([2H])c5[2H])c([2H])c4[2H])c4c([2H])c([2H])c([2H])c(-c5ccc6ccccc6c5)c4[2H])c([2H])c3[2H])c([2H])c2[2H])c([2H])c1[2H]. The maximum Gasteiger partial charge on any atom is 0.0651 e.